The van der Waals surface area contributed by atoms with E-state index in [0.29, 0.717) is 57.3 Å². The Hall–Kier alpha value is -4.58. The molecule has 4 aromatic carbocycles. The van der Waals surface area contributed by atoms with E-state index in [9.17, 15) is 26.4 Å². The normalized spacial score (nSPS) is 17.4. The Bertz CT molecular complexity index is 2830. The minimum Gasteiger partial charge on any atom is -0.368 e. The zero-order valence-corrected chi connectivity index (χ0v) is 43.1. The van der Waals surface area contributed by atoms with Gasteiger partial charge in [0.15, 0.2) is 9.84 Å². The van der Waals surface area contributed by atoms with Crippen LogP contribution in [0.15, 0.2) is 101 Å². The predicted molar refractivity (Wildman–Crippen MR) is 274 cm³/mol. The van der Waals surface area contributed by atoms with Gasteiger partial charge in [-0.2, -0.15) is 4.37 Å². The molecule has 0 spiro atoms. The monoisotopic (exact) mass is 1040 g/mol. The van der Waals surface area contributed by atoms with Gasteiger partial charge in [0.2, 0.25) is 11.8 Å². The lowest BCUT2D eigenvalue weighted by atomic mass is 10.00. The molecule has 13 nitrogen and oxygen atoms in total. The number of anilines is 4. The molecule has 5 aromatic rings. The third-order valence-electron chi connectivity index (χ3n) is 13.3. The number of benzene rings is 4. The summed E-state index contributed by atoms with van der Waals surface area (Å²) in [5, 5.41) is 1.46. The average Bonchev–Trinajstić information content (AvgIpc) is 3.75. The minimum absolute atomic E-state index is 0.0364. The Labute approximate surface area is 418 Å². The van der Waals surface area contributed by atoms with Crippen molar-refractivity contribution < 1.29 is 26.4 Å². The van der Waals surface area contributed by atoms with E-state index in [0.717, 1.165) is 82.1 Å². The number of sulfone groups is 1. The van der Waals surface area contributed by atoms with Crippen LogP contribution in [0.2, 0.25) is 10.0 Å². The zero-order chi connectivity index (χ0) is 48.3. The number of piperazine rings is 2. The number of carbonyl (C=O) groups excluding carboxylic acids is 2. The van der Waals surface area contributed by atoms with Crippen molar-refractivity contribution >= 4 is 98.9 Å². The predicted octanol–water partition coefficient (Wildman–Crippen LogP) is 8.33. The second kappa shape index (κ2) is 21.2. The summed E-state index contributed by atoms with van der Waals surface area (Å²) in [7, 11) is -1.76. The number of aromatic nitrogens is 1. The van der Waals surface area contributed by atoms with Crippen LogP contribution in [0.25, 0.3) is 0 Å². The van der Waals surface area contributed by atoms with Crippen molar-refractivity contribution in [1.82, 2.24) is 14.2 Å². The number of amides is 2. The van der Waals surface area contributed by atoms with Crippen molar-refractivity contribution in [1.29, 1.82) is 0 Å². The molecule has 1 aromatic heterocycles. The van der Waals surface area contributed by atoms with Crippen LogP contribution in [0.1, 0.15) is 48.4 Å². The van der Waals surface area contributed by atoms with Gasteiger partial charge in [-0.25, -0.2) is 16.8 Å². The summed E-state index contributed by atoms with van der Waals surface area (Å²) < 4.78 is 52.7. The number of fused-ring (bicyclic) bond motifs is 2. The van der Waals surface area contributed by atoms with Crippen LogP contribution in [0, 0.1) is 6.92 Å². The molecule has 68 heavy (non-hydrogen) atoms. The van der Waals surface area contributed by atoms with Gasteiger partial charge >= 0.3 is 0 Å². The highest BCUT2D eigenvalue weighted by Gasteiger charge is 2.33. The molecule has 0 N–H and O–H groups in total. The Kier molecular flexibility index (Phi) is 15.5. The number of nitrogens with zero attached hydrogens (tertiary/aromatic N) is 7. The Morgan fingerprint density at radius 3 is 1.43 bits per heavy atom. The van der Waals surface area contributed by atoms with Crippen molar-refractivity contribution in [2.24, 2.45) is 0 Å². The second-order valence-electron chi connectivity index (χ2n) is 17.7. The van der Waals surface area contributed by atoms with Gasteiger partial charge in [0.25, 0.3) is 9.05 Å². The van der Waals surface area contributed by atoms with Crippen LogP contribution >= 0.6 is 45.4 Å². The number of halogens is 3. The summed E-state index contributed by atoms with van der Waals surface area (Å²) in [6, 6.07) is 26.8. The highest BCUT2D eigenvalue weighted by Crippen LogP contribution is 2.34. The van der Waals surface area contributed by atoms with Crippen molar-refractivity contribution in [2.45, 2.75) is 74.1 Å². The first-order valence-corrected chi connectivity index (χ1v) is 28.4. The summed E-state index contributed by atoms with van der Waals surface area (Å²) in [4.78, 5) is 40.4. The molecule has 0 saturated carbocycles. The van der Waals surface area contributed by atoms with Crippen molar-refractivity contribution in [3.8, 4) is 0 Å². The molecule has 2 fully saturated rings. The average molecular weight is 1040 g/mol. The van der Waals surface area contributed by atoms with Gasteiger partial charge in [-0.1, -0.05) is 23.2 Å². The molecule has 4 aliphatic rings. The summed E-state index contributed by atoms with van der Waals surface area (Å²) in [6.45, 7) is 12.9. The topological polar surface area (TPSA) is 135 Å². The Morgan fingerprint density at radius 2 is 1.03 bits per heavy atom. The van der Waals surface area contributed by atoms with Gasteiger partial charge in [0.05, 0.1) is 21.2 Å². The zero-order valence-electron chi connectivity index (χ0n) is 38.4. The van der Waals surface area contributed by atoms with Gasteiger partial charge in [-0.15, -0.1) is 0 Å². The van der Waals surface area contributed by atoms with E-state index < -0.39 is 18.9 Å². The lowest BCUT2D eigenvalue weighted by Crippen LogP contribution is -2.55. The highest BCUT2D eigenvalue weighted by molar-refractivity contribution is 8.13. The first-order valence-electron chi connectivity index (χ1n) is 22.9. The summed E-state index contributed by atoms with van der Waals surface area (Å²) in [6.07, 6.45) is 3.98. The van der Waals surface area contributed by atoms with E-state index in [4.69, 9.17) is 33.9 Å². The van der Waals surface area contributed by atoms with E-state index in [-0.39, 0.29) is 34.5 Å². The molecule has 4 aliphatic heterocycles. The molecule has 0 bridgehead atoms. The molecular weight excluding hydrogens is 985 g/mol. The van der Waals surface area contributed by atoms with Crippen LogP contribution < -0.4 is 19.6 Å². The maximum absolute atomic E-state index is 13.4. The molecule has 362 valence electrons. The lowest BCUT2D eigenvalue weighted by Gasteiger charge is -2.41. The van der Waals surface area contributed by atoms with E-state index in [1.54, 1.807) is 24.3 Å². The first kappa shape index (κ1) is 49.8. The Balaban J connectivity index is 0.000000187. The minimum atomic E-state index is -3.73. The molecule has 2 atom stereocenters. The molecule has 0 aliphatic carbocycles. The number of hydrogen-bond acceptors (Lipinski definition) is 12. The van der Waals surface area contributed by atoms with Gasteiger partial charge in [-0.05, 0) is 160 Å². The van der Waals surface area contributed by atoms with Gasteiger partial charge in [0.1, 0.15) is 12.1 Å². The van der Waals surface area contributed by atoms with Crippen LogP contribution in [-0.2, 0) is 47.1 Å². The molecule has 5 heterocycles. The largest absolute Gasteiger partial charge is 0.368 e. The van der Waals surface area contributed by atoms with Crippen LogP contribution in [0.4, 0.5) is 22.7 Å². The number of carbonyl (C=O) groups is 2. The van der Waals surface area contributed by atoms with Crippen molar-refractivity contribution in [3.05, 3.63) is 123 Å². The van der Waals surface area contributed by atoms with Crippen LogP contribution in [0.3, 0.4) is 0 Å². The fourth-order valence-electron chi connectivity index (χ4n) is 9.60. The van der Waals surface area contributed by atoms with E-state index in [1.807, 2.05) is 85.2 Å². The fraction of sp³-hybridized carbons (Fsp3) is 0.408. The Morgan fingerprint density at radius 1 is 0.603 bits per heavy atom. The molecule has 0 unspecified atom stereocenters. The van der Waals surface area contributed by atoms with E-state index in [2.05, 4.69) is 24.0 Å². The van der Waals surface area contributed by atoms with E-state index >= 15 is 0 Å². The van der Waals surface area contributed by atoms with Gasteiger partial charge in [0, 0.05) is 114 Å². The third kappa shape index (κ3) is 11.5. The molecule has 2 saturated heterocycles. The highest BCUT2D eigenvalue weighted by atomic mass is 35.7. The summed E-state index contributed by atoms with van der Waals surface area (Å²) in [5.74, 6) is 0.235. The maximum atomic E-state index is 13.4. The first-order chi connectivity index (χ1) is 32.4. The number of aryl methyl sites for hydroxylation is 3. The summed E-state index contributed by atoms with van der Waals surface area (Å²) >= 11 is 13.6. The second-order valence-corrected chi connectivity index (χ2v) is 24.1. The van der Waals surface area contributed by atoms with Crippen LogP contribution in [0.5, 0.6) is 0 Å². The molecule has 0 radical (unpaired) electrons. The van der Waals surface area contributed by atoms with Gasteiger partial charge in [-0.3, -0.25) is 9.59 Å². The molecule has 19 heteroatoms. The number of rotatable bonds is 10. The molecule has 9 rings (SSSR count). The quantitative estimate of drug-likeness (QED) is 0.125. The van der Waals surface area contributed by atoms with Crippen molar-refractivity contribution in [2.75, 3.05) is 85.0 Å². The van der Waals surface area contributed by atoms with E-state index in [1.165, 1.54) is 34.8 Å². The SMILES string of the molecule is C[C@H](C(=O)N1CCN(c2ccc(S(=O)(=O)Cl)cc2)CC1)N1CCCc2cc(Cl)ccc21.Cc1cc(CS(=O)(=O)c2ccc(N3CCN(C(=O)[C@@H](C)N4CCCc5cc(Cl)ccc54)CC3)cc2)sn1. The fourth-order valence-corrected chi connectivity index (χ4v) is 13.1. The molecule has 2 amide bonds. The molecular formula is C49H56Cl3N7O6S3. The summed E-state index contributed by atoms with van der Waals surface area (Å²) in [5.41, 5.74) is 7.34. The van der Waals surface area contributed by atoms with Gasteiger partial charge < -0.3 is 29.4 Å². The standard InChI is InChI=1S/C27H31ClN4O3S2.C22H25Cl2N3O3S/c1-19-16-24(36-29-19)18-37(34,35)25-8-6-23(7-9-25)30-12-14-31(15-13-30)27(33)20(2)32-11-3-4-21-17-22(28)5-10-26(21)32;1-16(27-10-2-3-17-15-18(23)4-9-21(17)27)22(28)26-13-11-25(12-14-26)19-5-7-20(8-6-19)31(24,29)30/h5-10,16-17,20H,3-4,11-15,18H2,1-2H3;4-9,15-16H,2-3,10-14H2,1H3/t20-;16-/m11/s1. The third-order valence-corrected chi connectivity index (χ3v) is 17.9. The lowest BCUT2D eigenvalue weighted by molar-refractivity contribution is -0.133. The van der Waals surface area contributed by atoms with Crippen molar-refractivity contribution in [3.63, 3.8) is 0 Å². The number of hydrogen-bond donors (Lipinski definition) is 0. The smallest absolute Gasteiger partial charge is 0.261 e. The maximum Gasteiger partial charge on any atom is 0.261 e. The van der Waals surface area contributed by atoms with Crippen LogP contribution in [-0.4, -0.2) is 120 Å².